The summed E-state index contributed by atoms with van der Waals surface area (Å²) >= 11 is 0. The number of nitrogens with one attached hydrogen (secondary N) is 1. The monoisotopic (exact) mass is 350 g/mol. The summed E-state index contributed by atoms with van der Waals surface area (Å²) in [5.41, 5.74) is 8.31. The Morgan fingerprint density at radius 3 is 2.64 bits per heavy atom. The van der Waals surface area contributed by atoms with Gasteiger partial charge in [-0.3, -0.25) is 0 Å². The topological polar surface area (TPSA) is 47.3 Å². The first-order valence-electron chi connectivity index (χ1n) is 8.63. The number of fused-ring (bicyclic) bond motifs is 3. The van der Waals surface area contributed by atoms with Crippen molar-refractivity contribution in [3.05, 3.63) is 59.3 Å². The molecule has 1 aromatic carbocycles. The van der Waals surface area contributed by atoms with E-state index in [0.717, 1.165) is 17.7 Å². The molecule has 0 aromatic heterocycles. The van der Waals surface area contributed by atoms with Crippen LogP contribution >= 0.6 is 0 Å². The van der Waals surface area contributed by atoms with Crippen molar-refractivity contribution in [3.8, 4) is 0 Å². The molecule has 1 aromatic rings. The molecule has 0 radical (unpaired) electrons. The smallest absolute Gasteiger partial charge is 0.378 e. The Kier molecular flexibility index (Phi) is 4.12. The summed E-state index contributed by atoms with van der Waals surface area (Å²) in [7, 11) is 0. The normalized spacial score (nSPS) is 34.5. The Hall–Kier alpha value is -1.79. The first-order valence-corrected chi connectivity index (χ1v) is 8.63. The maximum absolute atomic E-state index is 13.2. The van der Waals surface area contributed by atoms with E-state index in [-0.39, 0.29) is 30.6 Å². The molecule has 2 heterocycles. The van der Waals surface area contributed by atoms with E-state index in [9.17, 15) is 13.2 Å². The molecule has 0 bridgehead atoms. The third-order valence-corrected chi connectivity index (χ3v) is 5.42. The average Bonchev–Trinajstić information content (AvgIpc) is 3.05. The quantitative estimate of drug-likeness (QED) is 0.859. The Labute approximate surface area is 144 Å². The minimum Gasteiger partial charge on any atom is -0.378 e. The molecule has 0 saturated carbocycles. The number of ether oxygens (including phenoxy) is 1. The van der Waals surface area contributed by atoms with Crippen LogP contribution < -0.4 is 11.1 Å². The summed E-state index contributed by atoms with van der Waals surface area (Å²) in [4.78, 5) is 0. The zero-order chi connectivity index (χ0) is 17.6. The standard InChI is InChI=1S/C19H21F3N2O/c20-19(21,22)12-6-7-16-14(8-12)18-15(9-13(10-23)25-18)17(24-16)11-4-2-1-3-5-11/h1-5,7-8,12-13,15,17-18,24H,6,9-10,23H2. The van der Waals surface area contributed by atoms with Gasteiger partial charge < -0.3 is 15.8 Å². The molecule has 6 heteroatoms. The molecule has 3 aliphatic rings. The van der Waals surface area contributed by atoms with Crippen LogP contribution in [0.25, 0.3) is 0 Å². The maximum Gasteiger partial charge on any atom is 0.395 e. The van der Waals surface area contributed by atoms with Crippen LogP contribution in [0.3, 0.4) is 0 Å². The molecule has 4 rings (SSSR count). The minimum atomic E-state index is -4.23. The number of hydrogen-bond donors (Lipinski definition) is 2. The molecule has 25 heavy (non-hydrogen) atoms. The SMILES string of the molecule is NCC1CC2C(O1)C1=CC(C(F)(F)F)CC=C1NC2c1ccccc1. The first kappa shape index (κ1) is 16.7. The van der Waals surface area contributed by atoms with Crippen LogP contribution in [0.15, 0.2) is 53.8 Å². The van der Waals surface area contributed by atoms with Gasteiger partial charge in [0.15, 0.2) is 0 Å². The van der Waals surface area contributed by atoms with Gasteiger partial charge in [0, 0.05) is 23.7 Å². The third kappa shape index (κ3) is 2.98. The lowest BCUT2D eigenvalue weighted by atomic mass is 9.76. The molecule has 1 aliphatic carbocycles. The van der Waals surface area contributed by atoms with E-state index in [1.54, 1.807) is 6.08 Å². The zero-order valence-electron chi connectivity index (χ0n) is 13.7. The van der Waals surface area contributed by atoms with E-state index in [1.807, 2.05) is 30.3 Å². The number of benzene rings is 1. The Morgan fingerprint density at radius 1 is 1.20 bits per heavy atom. The van der Waals surface area contributed by atoms with Gasteiger partial charge in [0.1, 0.15) is 0 Å². The molecule has 2 aliphatic heterocycles. The lowest BCUT2D eigenvalue weighted by Gasteiger charge is -2.40. The van der Waals surface area contributed by atoms with E-state index in [4.69, 9.17) is 10.5 Å². The fraction of sp³-hybridized carbons (Fsp3) is 0.474. The highest BCUT2D eigenvalue weighted by molar-refractivity contribution is 5.43. The van der Waals surface area contributed by atoms with Crippen LogP contribution in [0.2, 0.25) is 0 Å². The Balaban J connectivity index is 1.70. The van der Waals surface area contributed by atoms with E-state index in [0.29, 0.717) is 12.1 Å². The van der Waals surface area contributed by atoms with Gasteiger partial charge in [-0.15, -0.1) is 0 Å². The molecule has 134 valence electrons. The fourth-order valence-electron chi connectivity index (χ4n) is 4.18. The molecule has 2 saturated heterocycles. The second-order valence-corrected chi connectivity index (χ2v) is 6.97. The van der Waals surface area contributed by atoms with Gasteiger partial charge >= 0.3 is 6.18 Å². The van der Waals surface area contributed by atoms with Gasteiger partial charge in [0.05, 0.1) is 24.2 Å². The third-order valence-electron chi connectivity index (χ3n) is 5.42. The van der Waals surface area contributed by atoms with Gasteiger partial charge in [0.25, 0.3) is 0 Å². The molecule has 3 nitrogen and oxygen atoms in total. The van der Waals surface area contributed by atoms with Gasteiger partial charge in [-0.25, -0.2) is 0 Å². The number of alkyl halides is 3. The van der Waals surface area contributed by atoms with Gasteiger partial charge in [-0.05, 0) is 18.4 Å². The van der Waals surface area contributed by atoms with E-state index < -0.39 is 12.1 Å². The number of piperidine rings is 1. The molecular formula is C19H21F3N2O. The number of allylic oxidation sites excluding steroid dienone is 2. The molecule has 0 amide bonds. The number of rotatable bonds is 2. The van der Waals surface area contributed by atoms with E-state index in [1.165, 1.54) is 6.08 Å². The van der Waals surface area contributed by atoms with Crippen LogP contribution in [-0.4, -0.2) is 24.9 Å². The van der Waals surface area contributed by atoms with Crippen LogP contribution in [-0.2, 0) is 4.74 Å². The average molecular weight is 350 g/mol. The van der Waals surface area contributed by atoms with Gasteiger partial charge in [-0.1, -0.05) is 42.5 Å². The molecule has 5 atom stereocenters. The molecule has 0 spiro atoms. The van der Waals surface area contributed by atoms with Crippen LogP contribution in [0.5, 0.6) is 0 Å². The highest BCUT2D eigenvalue weighted by Gasteiger charge is 2.49. The predicted octanol–water partition coefficient (Wildman–Crippen LogP) is 3.46. The van der Waals surface area contributed by atoms with Crippen molar-refractivity contribution in [1.82, 2.24) is 5.32 Å². The summed E-state index contributed by atoms with van der Waals surface area (Å²) in [6, 6.07) is 10.0. The Bertz CT molecular complexity index is 698. The lowest BCUT2D eigenvalue weighted by molar-refractivity contribution is -0.160. The van der Waals surface area contributed by atoms with Crippen LogP contribution in [0, 0.1) is 11.8 Å². The predicted molar refractivity (Wildman–Crippen MR) is 88.5 cm³/mol. The van der Waals surface area contributed by atoms with Crippen LogP contribution in [0.1, 0.15) is 24.4 Å². The van der Waals surface area contributed by atoms with Gasteiger partial charge in [0.2, 0.25) is 0 Å². The van der Waals surface area contributed by atoms with E-state index in [2.05, 4.69) is 5.32 Å². The molecule has 5 unspecified atom stereocenters. The molecular weight excluding hydrogens is 329 g/mol. The number of nitrogens with two attached hydrogens (primary N) is 1. The Morgan fingerprint density at radius 2 is 1.96 bits per heavy atom. The van der Waals surface area contributed by atoms with Crippen molar-refractivity contribution in [2.45, 2.75) is 37.3 Å². The fourth-order valence-corrected chi connectivity index (χ4v) is 4.18. The summed E-state index contributed by atoms with van der Waals surface area (Å²) < 4.78 is 45.6. The largest absolute Gasteiger partial charge is 0.395 e. The minimum absolute atomic E-state index is 0.0218. The van der Waals surface area contributed by atoms with Crippen molar-refractivity contribution in [3.63, 3.8) is 0 Å². The number of halogens is 3. The van der Waals surface area contributed by atoms with Crippen molar-refractivity contribution in [2.75, 3.05) is 6.54 Å². The van der Waals surface area contributed by atoms with E-state index >= 15 is 0 Å². The highest BCUT2D eigenvalue weighted by Crippen LogP contribution is 2.48. The van der Waals surface area contributed by atoms with Gasteiger partial charge in [-0.2, -0.15) is 13.2 Å². The number of hydrogen-bond acceptors (Lipinski definition) is 3. The van der Waals surface area contributed by atoms with Crippen molar-refractivity contribution in [1.29, 1.82) is 0 Å². The molecule has 2 fully saturated rings. The highest BCUT2D eigenvalue weighted by atomic mass is 19.4. The van der Waals surface area contributed by atoms with Crippen LogP contribution in [0.4, 0.5) is 13.2 Å². The summed E-state index contributed by atoms with van der Waals surface area (Å²) in [6.07, 6.45) is -0.958. The molecule has 3 N–H and O–H groups in total. The second-order valence-electron chi connectivity index (χ2n) is 6.97. The second kappa shape index (κ2) is 6.18. The summed E-state index contributed by atoms with van der Waals surface area (Å²) in [6.45, 7) is 0.379. The summed E-state index contributed by atoms with van der Waals surface area (Å²) in [5.74, 6) is -1.37. The van der Waals surface area contributed by atoms with Crippen molar-refractivity contribution >= 4 is 0 Å². The lowest BCUT2D eigenvalue weighted by Crippen LogP contribution is -2.43. The maximum atomic E-state index is 13.2. The zero-order valence-corrected chi connectivity index (χ0v) is 13.7. The first-order chi connectivity index (χ1) is 12.0. The summed E-state index contributed by atoms with van der Waals surface area (Å²) in [5, 5.41) is 3.46. The van der Waals surface area contributed by atoms with Crippen molar-refractivity contribution < 1.29 is 17.9 Å². The van der Waals surface area contributed by atoms with Crippen molar-refractivity contribution in [2.24, 2.45) is 17.6 Å².